The summed E-state index contributed by atoms with van der Waals surface area (Å²) in [4.78, 5) is 5.58. The van der Waals surface area contributed by atoms with Crippen LogP contribution >= 0.6 is 11.3 Å². The first kappa shape index (κ1) is 27.3. The molecule has 3 aromatic heterocycles. The lowest BCUT2D eigenvalue weighted by Gasteiger charge is -2.32. The molecule has 0 aliphatic heterocycles. The summed E-state index contributed by atoms with van der Waals surface area (Å²) in [6.07, 6.45) is 1.53. The van der Waals surface area contributed by atoms with Gasteiger partial charge in [0.2, 0.25) is 0 Å². The predicted octanol–water partition coefficient (Wildman–Crippen LogP) is 6.36. The molecule has 0 spiro atoms. The Bertz CT molecular complexity index is 1340. The van der Waals surface area contributed by atoms with Crippen molar-refractivity contribution in [1.82, 2.24) is 20.0 Å². The van der Waals surface area contributed by atoms with Gasteiger partial charge in [-0.15, -0.1) is 16.4 Å². The minimum Gasteiger partial charge on any atom is -0.434 e. The van der Waals surface area contributed by atoms with Gasteiger partial charge in [-0.05, 0) is 41.6 Å². The molecule has 0 saturated carbocycles. The van der Waals surface area contributed by atoms with Crippen molar-refractivity contribution in [3.05, 3.63) is 59.4 Å². The van der Waals surface area contributed by atoms with Crippen molar-refractivity contribution in [2.75, 3.05) is 6.61 Å². The number of hydrogen-bond donors (Lipinski definition) is 1. The Balaban J connectivity index is 1.74. The monoisotopic (exact) mass is 546 g/mol. The van der Waals surface area contributed by atoms with E-state index in [9.17, 15) is 13.9 Å². The van der Waals surface area contributed by atoms with E-state index in [0.29, 0.717) is 34.5 Å². The van der Waals surface area contributed by atoms with Gasteiger partial charge in [0.1, 0.15) is 12.5 Å². The molecule has 0 saturated heterocycles. The quantitative estimate of drug-likeness (QED) is 0.174. The molecule has 37 heavy (non-hydrogen) atoms. The lowest BCUT2D eigenvalue weighted by molar-refractivity contribution is -0.0493. The number of nitrogens with zero attached hydrogens (tertiary/aromatic N) is 4. The zero-order valence-corrected chi connectivity index (χ0v) is 23.4. The molecule has 4 rings (SSSR count). The molecule has 0 bridgehead atoms. The zero-order chi connectivity index (χ0) is 26.8. The molecule has 0 fully saturated rings. The third-order valence-electron chi connectivity index (χ3n) is 6.26. The molecule has 4 aromatic rings. The molecule has 3 heterocycles. The van der Waals surface area contributed by atoms with Crippen molar-refractivity contribution < 1.29 is 23.4 Å². The average Bonchev–Trinajstić information content (AvgIpc) is 3.52. The number of halogens is 2. The van der Waals surface area contributed by atoms with Crippen LogP contribution in [0, 0.1) is 5.92 Å². The number of thiophene rings is 1. The topological polar surface area (TPSA) is 82.3 Å². The summed E-state index contributed by atoms with van der Waals surface area (Å²) in [5.74, 6) is -0.203. The lowest BCUT2D eigenvalue weighted by atomic mass is 9.83. The Morgan fingerprint density at radius 1 is 1.14 bits per heavy atom. The van der Waals surface area contributed by atoms with Crippen LogP contribution in [0.25, 0.3) is 21.3 Å². The largest absolute Gasteiger partial charge is 0.434 e. The van der Waals surface area contributed by atoms with Crippen LogP contribution in [0.5, 0.6) is 5.75 Å². The third kappa shape index (κ3) is 5.90. The van der Waals surface area contributed by atoms with Gasteiger partial charge in [0.05, 0.1) is 23.1 Å². The fourth-order valence-corrected chi connectivity index (χ4v) is 5.71. The van der Waals surface area contributed by atoms with Gasteiger partial charge in [-0.1, -0.05) is 50.8 Å². The van der Waals surface area contributed by atoms with Crippen LogP contribution in [0.15, 0.2) is 48.0 Å². The number of aromatic nitrogens is 4. The summed E-state index contributed by atoms with van der Waals surface area (Å²) in [6.45, 7) is 8.47. The maximum absolute atomic E-state index is 13.1. The van der Waals surface area contributed by atoms with Crippen LogP contribution in [0.4, 0.5) is 8.78 Å². The van der Waals surface area contributed by atoms with E-state index < -0.39 is 20.3 Å². The molecule has 11 heteroatoms. The summed E-state index contributed by atoms with van der Waals surface area (Å²) in [5, 5.41) is 22.8. The van der Waals surface area contributed by atoms with Gasteiger partial charge in [0.15, 0.2) is 5.60 Å². The summed E-state index contributed by atoms with van der Waals surface area (Å²) in [5.41, 5.74) is 0.453. The van der Waals surface area contributed by atoms with Crippen LogP contribution in [-0.4, -0.2) is 46.4 Å². The molecular formula is C26H32F2N4O3SSi. The second kappa shape index (κ2) is 10.9. The van der Waals surface area contributed by atoms with E-state index in [4.69, 9.17) is 14.5 Å². The van der Waals surface area contributed by atoms with E-state index in [1.807, 2.05) is 31.4 Å². The molecule has 0 aliphatic rings. The highest BCUT2D eigenvalue weighted by Crippen LogP contribution is 2.42. The Hall–Kier alpha value is -2.73. The number of fused-ring (bicyclic) bond motifs is 1. The highest BCUT2D eigenvalue weighted by atomic mass is 32.1. The average molecular weight is 547 g/mol. The fourth-order valence-electron chi connectivity index (χ4n) is 4.17. The molecule has 198 valence electrons. The molecule has 1 atom stereocenters. The van der Waals surface area contributed by atoms with Crippen LogP contribution in [0.3, 0.4) is 0 Å². The van der Waals surface area contributed by atoms with Crippen molar-refractivity contribution in [1.29, 1.82) is 0 Å². The van der Waals surface area contributed by atoms with E-state index in [-0.39, 0.29) is 18.4 Å². The Kier molecular flexibility index (Phi) is 8.07. The third-order valence-corrected chi connectivity index (χ3v) is 8.85. The summed E-state index contributed by atoms with van der Waals surface area (Å²) >= 11 is 1.42. The molecular weight excluding hydrogens is 514 g/mol. The molecule has 7 nitrogen and oxygen atoms in total. The number of pyridine rings is 1. The van der Waals surface area contributed by atoms with E-state index in [2.05, 4.69) is 30.0 Å². The predicted molar refractivity (Wildman–Crippen MR) is 144 cm³/mol. The van der Waals surface area contributed by atoms with Gasteiger partial charge in [0.25, 0.3) is 0 Å². The van der Waals surface area contributed by atoms with Crippen LogP contribution in [-0.2, 0) is 17.1 Å². The Morgan fingerprint density at radius 3 is 2.57 bits per heavy atom. The molecule has 1 aromatic carbocycles. The van der Waals surface area contributed by atoms with Crippen LogP contribution < -0.4 is 4.74 Å². The van der Waals surface area contributed by atoms with Gasteiger partial charge >= 0.3 is 6.61 Å². The molecule has 0 amide bonds. The first-order chi connectivity index (χ1) is 17.5. The highest BCUT2D eigenvalue weighted by Gasteiger charge is 2.40. The molecule has 1 unspecified atom stereocenters. The van der Waals surface area contributed by atoms with Crippen molar-refractivity contribution >= 4 is 30.3 Å². The van der Waals surface area contributed by atoms with E-state index in [1.165, 1.54) is 23.6 Å². The van der Waals surface area contributed by atoms with E-state index >= 15 is 0 Å². The molecule has 0 radical (unpaired) electrons. The van der Waals surface area contributed by atoms with Gasteiger partial charge in [-0.3, -0.25) is 0 Å². The van der Waals surface area contributed by atoms with Gasteiger partial charge in [-0.25, -0.2) is 9.67 Å². The van der Waals surface area contributed by atoms with Crippen molar-refractivity contribution in [3.63, 3.8) is 0 Å². The summed E-state index contributed by atoms with van der Waals surface area (Å²) < 4.78 is 38.5. The highest BCUT2D eigenvalue weighted by molar-refractivity contribution is 7.13. The smallest absolute Gasteiger partial charge is 0.387 e. The number of aliphatic hydroxyl groups is 1. The number of ether oxygens (including phenoxy) is 2. The van der Waals surface area contributed by atoms with Gasteiger partial charge in [0, 0.05) is 30.5 Å². The van der Waals surface area contributed by atoms with E-state index in [0.717, 1.165) is 10.9 Å². The lowest BCUT2D eigenvalue weighted by Crippen LogP contribution is -2.37. The summed E-state index contributed by atoms with van der Waals surface area (Å²) in [6, 6.07) is 11.3. The number of alkyl halides is 2. The summed E-state index contributed by atoms with van der Waals surface area (Å²) in [7, 11) is -1.24. The first-order valence-corrected chi connectivity index (χ1v) is 16.7. The normalized spacial score (nSPS) is 14.0. The van der Waals surface area contributed by atoms with Crippen molar-refractivity contribution in [2.24, 2.45) is 5.92 Å². The molecule has 0 aliphatic carbocycles. The maximum atomic E-state index is 13.1. The van der Waals surface area contributed by atoms with Crippen molar-refractivity contribution in [3.8, 4) is 16.2 Å². The fraction of sp³-hybridized carbons (Fsp3) is 0.423. The van der Waals surface area contributed by atoms with E-state index in [1.54, 1.807) is 22.9 Å². The maximum Gasteiger partial charge on any atom is 0.387 e. The number of benzene rings is 1. The number of hydrogen-bond acceptors (Lipinski definition) is 7. The van der Waals surface area contributed by atoms with Gasteiger partial charge < -0.3 is 14.6 Å². The molecule has 1 N–H and O–H groups in total. The Labute approximate surface area is 220 Å². The Morgan fingerprint density at radius 2 is 1.92 bits per heavy atom. The second-order valence-corrected chi connectivity index (χ2v) is 17.0. The first-order valence-electron chi connectivity index (χ1n) is 12.1. The van der Waals surface area contributed by atoms with Gasteiger partial charge in [-0.2, -0.15) is 8.78 Å². The van der Waals surface area contributed by atoms with Crippen molar-refractivity contribution in [2.45, 2.75) is 58.5 Å². The van der Waals surface area contributed by atoms with Crippen LogP contribution in [0.1, 0.15) is 25.2 Å². The second-order valence-electron chi connectivity index (χ2n) is 10.4. The zero-order valence-electron chi connectivity index (χ0n) is 21.6. The minimum absolute atomic E-state index is 0.0800. The minimum atomic E-state index is -2.95. The standard InChI is InChI=1S/C26H32F2N4O3SSi/c1-17(2)26(33,23-15-29-31-32(23)16-34-12-14-37(3,4)5)22-11-8-18-19(30-22)9-10-20(35-25(27)28)24(18)21-7-6-13-36-21/h6-11,13,15,17,25,33H,12,14,16H2,1-5H3. The SMILES string of the molecule is CC(C)C(O)(c1ccc2c(-c3cccs3)c(OC(F)F)ccc2n1)c1cnnn1COCC[Si](C)(C)C. The number of rotatable bonds is 11. The van der Waals surface area contributed by atoms with Crippen LogP contribution in [0.2, 0.25) is 25.7 Å².